The van der Waals surface area contributed by atoms with E-state index in [9.17, 15) is 0 Å². The summed E-state index contributed by atoms with van der Waals surface area (Å²) in [6.45, 7) is 6.77. The number of likely N-dealkylation sites (tertiary alicyclic amines) is 1. The summed E-state index contributed by atoms with van der Waals surface area (Å²) < 4.78 is 5.60. The number of anilines is 1. The van der Waals surface area contributed by atoms with E-state index in [1.165, 1.54) is 25.9 Å². The molecule has 6 nitrogen and oxygen atoms in total. The third-order valence-electron chi connectivity index (χ3n) is 5.29. The second kappa shape index (κ2) is 8.97. The highest BCUT2D eigenvalue weighted by Crippen LogP contribution is 2.29. The van der Waals surface area contributed by atoms with Gasteiger partial charge in [0.1, 0.15) is 5.69 Å². The van der Waals surface area contributed by atoms with Crippen molar-refractivity contribution in [1.29, 1.82) is 0 Å². The van der Waals surface area contributed by atoms with Gasteiger partial charge in [0.25, 0.3) is 0 Å². The van der Waals surface area contributed by atoms with E-state index in [0.29, 0.717) is 11.7 Å². The third-order valence-corrected chi connectivity index (χ3v) is 5.29. The third kappa shape index (κ3) is 4.57. The Morgan fingerprint density at radius 2 is 2.04 bits per heavy atom. The first-order valence-electron chi connectivity index (χ1n) is 10.1. The van der Waals surface area contributed by atoms with E-state index in [-0.39, 0.29) is 0 Å². The van der Waals surface area contributed by atoms with Crippen molar-refractivity contribution in [2.75, 3.05) is 31.5 Å². The summed E-state index contributed by atoms with van der Waals surface area (Å²) in [5.41, 5.74) is 2.45. The Hall–Kier alpha value is -2.73. The highest BCUT2D eigenvalue weighted by Gasteiger charge is 2.16. The van der Waals surface area contributed by atoms with Crippen molar-refractivity contribution in [3.63, 3.8) is 0 Å². The highest BCUT2D eigenvalue weighted by molar-refractivity contribution is 5.76. The minimum atomic E-state index is 0.623. The molecule has 3 aromatic rings. The molecule has 1 aliphatic heterocycles. The van der Waals surface area contributed by atoms with Crippen molar-refractivity contribution in [3.8, 4) is 22.7 Å². The minimum absolute atomic E-state index is 0.623. The molecule has 1 fully saturated rings. The van der Waals surface area contributed by atoms with Crippen molar-refractivity contribution >= 4 is 5.95 Å². The van der Waals surface area contributed by atoms with Crippen LogP contribution in [0.25, 0.3) is 22.7 Å². The van der Waals surface area contributed by atoms with Gasteiger partial charge in [0.2, 0.25) is 5.95 Å². The summed E-state index contributed by atoms with van der Waals surface area (Å²) in [5.74, 6) is 2.22. The number of aromatic nitrogens is 3. The Bertz CT molecular complexity index is 858. The molecule has 3 aromatic heterocycles. The standard InChI is InChI=1S/C22H27N5O/c1-17-8-13-27(14-9-17)12-5-11-24-22-25-16-18(19-6-2-3-10-23-19)21(26-22)20-7-4-15-28-20/h2-4,6-7,10,15-17H,5,8-9,11-14H2,1H3,(H,24,25,26). The fraction of sp³-hybridized carbons (Fsp3) is 0.409. The molecule has 0 spiro atoms. The van der Waals surface area contributed by atoms with E-state index in [0.717, 1.165) is 42.4 Å². The molecule has 1 aliphatic rings. The summed E-state index contributed by atoms with van der Waals surface area (Å²) in [4.78, 5) is 16.2. The van der Waals surface area contributed by atoms with Crippen LogP contribution in [0.1, 0.15) is 26.2 Å². The van der Waals surface area contributed by atoms with Crippen molar-refractivity contribution in [1.82, 2.24) is 19.9 Å². The molecule has 0 saturated carbocycles. The fourth-order valence-corrected chi connectivity index (χ4v) is 3.57. The van der Waals surface area contributed by atoms with Crippen LogP contribution in [0.5, 0.6) is 0 Å². The number of hydrogen-bond acceptors (Lipinski definition) is 6. The first kappa shape index (κ1) is 18.6. The molecule has 146 valence electrons. The van der Waals surface area contributed by atoms with Crippen LogP contribution in [0.2, 0.25) is 0 Å². The maximum absolute atomic E-state index is 5.60. The summed E-state index contributed by atoms with van der Waals surface area (Å²) in [6.07, 6.45) is 8.97. The number of pyridine rings is 1. The normalized spacial score (nSPS) is 15.6. The van der Waals surface area contributed by atoms with Gasteiger partial charge in [-0.2, -0.15) is 0 Å². The highest BCUT2D eigenvalue weighted by atomic mass is 16.3. The lowest BCUT2D eigenvalue weighted by molar-refractivity contribution is 0.192. The molecule has 4 rings (SSSR count). The predicted molar refractivity (Wildman–Crippen MR) is 111 cm³/mol. The first-order valence-corrected chi connectivity index (χ1v) is 10.1. The molecule has 0 radical (unpaired) electrons. The lowest BCUT2D eigenvalue weighted by Crippen LogP contribution is -2.34. The van der Waals surface area contributed by atoms with Crippen LogP contribution >= 0.6 is 0 Å². The molecule has 0 aliphatic carbocycles. The average molecular weight is 377 g/mol. The van der Waals surface area contributed by atoms with Gasteiger partial charge in [0.15, 0.2) is 5.76 Å². The second-order valence-corrected chi connectivity index (χ2v) is 7.45. The molecule has 0 amide bonds. The molecule has 1 N–H and O–H groups in total. The number of hydrogen-bond donors (Lipinski definition) is 1. The fourth-order valence-electron chi connectivity index (χ4n) is 3.57. The molecular weight excluding hydrogens is 350 g/mol. The number of nitrogens with zero attached hydrogens (tertiary/aromatic N) is 4. The maximum Gasteiger partial charge on any atom is 0.223 e. The van der Waals surface area contributed by atoms with Crippen molar-refractivity contribution < 1.29 is 4.42 Å². The van der Waals surface area contributed by atoms with Gasteiger partial charge in [-0.3, -0.25) is 4.98 Å². The summed E-state index contributed by atoms with van der Waals surface area (Å²) in [7, 11) is 0. The van der Waals surface area contributed by atoms with Gasteiger partial charge >= 0.3 is 0 Å². The van der Waals surface area contributed by atoms with Crippen LogP contribution in [-0.4, -0.2) is 46.0 Å². The van der Waals surface area contributed by atoms with Crippen LogP contribution in [0.4, 0.5) is 5.95 Å². The number of piperidine rings is 1. The van der Waals surface area contributed by atoms with Crippen molar-refractivity contribution in [3.05, 3.63) is 49.0 Å². The van der Waals surface area contributed by atoms with Gasteiger partial charge in [-0.25, -0.2) is 9.97 Å². The Morgan fingerprint density at radius 1 is 1.14 bits per heavy atom. The van der Waals surface area contributed by atoms with Crippen LogP contribution in [0.15, 0.2) is 53.4 Å². The number of rotatable bonds is 7. The monoisotopic (exact) mass is 377 g/mol. The zero-order valence-corrected chi connectivity index (χ0v) is 16.3. The predicted octanol–water partition coefficient (Wildman–Crippen LogP) is 4.33. The van der Waals surface area contributed by atoms with Gasteiger partial charge in [-0.1, -0.05) is 13.0 Å². The van der Waals surface area contributed by atoms with Crippen molar-refractivity contribution in [2.45, 2.75) is 26.2 Å². The molecule has 0 unspecified atom stereocenters. The zero-order valence-electron chi connectivity index (χ0n) is 16.3. The molecule has 0 bridgehead atoms. The van der Waals surface area contributed by atoms with Gasteiger partial charge in [-0.05, 0) is 69.1 Å². The summed E-state index contributed by atoms with van der Waals surface area (Å²) >= 11 is 0. The van der Waals surface area contributed by atoms with E-state index in [2.05, 4.69) is 27.1 Å². The first-order chi connectivity index (χ1) is 13.8. The van der Waals surface area contributed by atoms with Gasteiger partial charge in [-0.15, -0.1) is 0 Å². The summed E-state index contributed by atoms with van der Waals surface area (Å²) in [6, 6.07) is 9.59. The molecule has 0 atom stereocenters. The number of nitrogens with one attached hydrogen (secondary N) is 1. The zero-order chi connectivity index (χ0) is 19.2. The van der Waals surface area contributed by atoms with E-state index in [1.807, 2.05) is 36.5 Å². The largest absolute Gasteiger partial charge is 0.463 e. The smallest absolute Gasteiger partial charge is 0.223 e. The Kier molecular flexibility index (Phi) is 5.97. The molecule has 6 heteroatoms. The van der Waals surface area contributed by atoms with E-state index in [1.54, 1.807) is 12.5 Å². The quantitative estimate of drug-likeness (QED) is 0.618. The number of furan rings is 1. The SMILES string of the molecule is CC1CCN(CCCNc2ncc(-c3ccccn3)c(-c3ccco3)n2)CC1. The Morgan fingerprint density at radius 3 is 2.79 bits per heavy atom. The lowest BCUT2D eigenvalue weighted by Gasteiger charge is -2.30. The second-order valence-electron chi connectivity index (χ2n) is 7.45. The van der Waals surface area contributed by atoms with Gasteiger partial charge in [0.05, 0.1) is 12.0 Å². The van der Waals surface area contributed by atoms with Crippen LogP contribution < -0.4 is 5.32 Å². The Labute approximate surface area is 166 Å². The topological polar surface area (TPSA) is 67.1 Å². The average Bonchev–Trinajstić information content (AvgIpc) is 3.28. The minimum Gasteiger partial charge on any atom is -0.463 e. The van der Waals surface area contributed by atoms with E-state index < -0.39 is 0 Å². The van der Waals surface area contributed by atoms with Gasteiger partial charge in [0, 0.05) is 24.5 Å². The van der Waals surface area contributed by atoms with E-state index >= 15 is 0 Å². The van der Waals surface area contributed by atoms with E-state index in [4.69, 9.17) is 9.40 Å². The lowest BCUT2D eigenvalue weighted by atomic mass is 9.99. The van der Waals surface area contributed by atoms with Gasteiger partial charge < -0.3 is 14.6 Å². The summed E-state index contributed by atoms with van der Waals surface area (Å²) in [5, 5.41) is 3.36. The van der Waals surface area contributed by atoms with Crippen LogP contribution in [0.3, 0.4) is 0 Å². The van der Waals surface area contributed by atoms with Crippen LogP contribution in [0, 0.1) is 5.92 Å². The molecule has 28 heavy (non-hydrogen) atoms. The molecule has 4 heterocycles. The molecule has 1 saturated heterocycles. The van der Waals surface area contributed by atoms with Crippen LogP contribution in [-0.2, 0) is 0 Å². The maximum atomic E-state index is 5.60. The molecular formula is C22H27N5O. The van der Waals surface area contributed by atoms with Crippen molar-refractivity contribution in [2.24, 2.45) is 5.92 Å². The Balaban J connectivity index is 1.41. The molecule has 0 aromatic carbocycles.